The predicted octanol–water partition coefficient (Wildman–Crippen LogP) is 3.14. The zero-order valence-corrected chi connectivity index (χ0v) is 11.9. The molecule has 2 N–H and O–H groups in total. The lowest BCUT2D eigenvalue weighted by Crippen LogP contribution is -2.12. The first kappa shape index (κ1) is 13.0. The highest BCUT2D eigenvalue weighted by atomic mass is 32.1. The Morgan fingerprint density at radius 1 is 1.25 bits per heavy atom. The summed E-state index contributed by atoms with van der Waals surface area (Å²) in [5, 5.41) is 2.03. The van der Waals surface area contributed by atoms with E-state index in [-0.39, 0.29) is 6.04 Å². The van der Waals surface area contributed by atoms with Crippen molar-refractivity contribution >= 4 is 21.6 Å². The molecule has 0 fully saturated rings. The van der Waals surface area contributed by atoms with Crippen molar-refractivity contribution in [2.45, 2.75) is 13.0 Å². The standard InChI is InChI=1S/C15H15N3OS/c1-2-19-12-5-10(7-17-9-12)15(16)11-6-14-13(18-8-11)3-4-20-14/h3-9,15H,2,16H2,1H3. The van der Waals surface area contributed by atoms with Crippen molar-refractivity contribution in [3.8, 4) is 5.75 Å². The molecule has 3 aromatic heterocycles. The average Bonchev–Trinajstić information content (AvgIpc) is 2.94. The van der Waals surface area contributed by atoms with Gasteiger partial charge in [0.05, 0.1) is 29.1 Å². The Morgan fingerprint density at radius 2 is 2.10 bits per heavy atom. The molecular formula is C15H15N3OS. The van der Waals surface area contributed by atoms with Gasteiger partial charge in [-0.1, -0.05) is 0 Å². The first-order valence-corrected chi connectivity index (χ1v) is 7.32. The second-order valence-electron chi connectivity index (χ2n) is 4.44. The summed E-state index contributed by atoms with van der Waals surface area (Å²) >= 11 is 1.67. The van der Waals surface area contributed by atoms with E-state index in [1.54, 1.807) is 23.7 Å². The summed E-state index contributed by atoms with van der Waals surface area (Å²) in [7, 11) is 0. The highest BCUT2D eigenvalue weighted by Crippen LogP contribution is 2.26. The molecular weight excluding hydrogens is 270 g/mol. The number of thiophene rings is 1. The molecule has 0 aliphatic carbocycles. The zero-order chi connectivity index (χ0) is 13.9. The number of nitrogens with two attached hydrogens (primary N) is 1. The van der Waals surface area contributed by atoms with Crippen LogP contribution >= 0.6 is 11.3 Å². The second-order valence-corrected chi connectivity index (χ2v) is 5.38. The monoisotopic (exact) mass is 285 g/mol. The Morgan fingerprint density at radius 3 is 2.95 bits per heavy atom. The quantitative estimate of drug-likeness (QED) is 0.800. The van der Waals surface area contributed by atoms with Crippen LogP contribution in [0.3, 0.4) is 0 Å². The maximum Gasteiger partial charge on any atom is 0.137 e. The van der Waals surface area contributed by atoms with Gasteiger partial charge in [0.2, 0.25) is 0 Å². The van der Waals surface area contributed by atoms with Crippen LogP contribution in [0, 0.1) is 0 Å². The minimum absolute atomic E-state index is 0.248. The van der Waals surface area contributed by atoms with E-state index in [9.17, 15) is 0 Å². The third-order valence-electron chi connectivity index (χ3n) is 3.09. The third kappa shape index (κ3) is 2.50. The van der Waals surface area contributed by atoms with Crippen LogP contribution in [0.2, 0.25) is 0 Å². The van der Waals surface area contributed by atoms with Crippen LogP contribution in [-0.2, 0) is 0 Å². The van der Waals surface area contributed by atoms with Gasteiger partial charge in [-0.3, -0.25) is 9.97 Å². The minimum atomic E-state index is -0.248. The molecule has 4 nitrogen and oxygen atoms in total. The van der Waals surface area contributed by atoms with Gasteiger partial charge in [0.25, 0.3) is 0 Å². The first-order valence-electron chi connectivity index (χ1n) is 6.44. The molecule has 0 aliphatic rings. The fourth-order valence-electron chi connectivity index (χ4n) is 2.08. The molecule has 3 aromatic rings. The van der Waals surface area contributed by atoms with Gasteiger partial charge in [-0.25, -0.2) is 0 Å². The van der Waals surface area contributed by atoms with Crippen molar-refractivity contribution < 1.29 is 4.74 Å². The van der Waals surface area contributed by atoms with E-state index in [0.29, 0.717) is 6.61 Å². The molecule has 20 heavy (non-hydrogen) atoms. The van der Waals surface area contributed by atoms with Gasteiger partial charge in [0.15, 0.2) is 0 Å². The molecule has 0 bridgehead atoms. The number of hydrogen-bond acceptors (Lipinski definition) is 5. The van der Waals surface area contributed by atoms with Gasteiger partial charge >= 0.3 is 0 Å². The van der Waals surface area contributed by atoms with Gasteiger partial charge in [-0.2, -0.15) is 0 Å². The maximum atomic E-state index is 6.31. The van der Waals surface area contributed by atoms with Crippen molar-refractivity contribution in [3.05, 3.63) is 53.3 Å². The van der Waals surface area contributed by atoms with Gasteiger partial charge in [0, 0.05) is 12.4 Å². The molecule has 0 radical (unpaired) electrons. The fourth-order valence-corrected chi connectivity index (χ4v) is 2.86. The molecule has 1 unspecified atom stereocenters. The molecule has 0 saturated carbocycles. The van der Waals surface area contributed by atoms with Gasteiger partial charge in [-0.05, 0) is 41.6 Å². The van der Waals surface area contributed by atoms with Crippen LogP contribution in [0.4, 0.5) is 0 Å². The molecule has 5 heteroatoms. The van der Waals surface area contributed by atoms with Gasteiger partial charge in [0.1, 0.15) is 5.75 Å². The number of pyridine rings is 2. The Bertz CT molecular complexity index is 726. The van der Waals surface area contributed by atoms with E-state index >= 15 is 0 Å². The van der Waals surface area contributed by atoms with Crippen LogP contribution in [0.25, 0.3) is 10.2 Å². The van der Waals surface area contributed by atoms with Gasteiger partial charge in [-0.15, -0.1) is 11.3 Å². The predicted molar refractivity (Wildman–Crippen MR) is 81.1 cm³/mol. The zero-order valence-electron chi connectivity index (χ0n) is 11.1. The highest BCUT2D eigenvalue weighted by molar-refractivity contribution is 7.17. The summed E-state index contributed by atoms with van der Waals surface area (Å²) in [6.45, 7) is 2.56. The molecule has 102 valence electrons. The molecule has 0 spiro atoms. The molecule has 1 atom stereocenters. The van der Waals surface area contributed by atoms with Crippen LogP contribution in [-0.4, -0.2) is 16.6 Å². The van der Waals surface area contributed by atoms with Crippen molar-refractivity contribution in [2.75, 3.05) is 6.61 Å². The summed E-state index contributed by atoms with van der Waals surface area (Å²) in [5.74, 6) is 0.741. The lowest BCUT2D eigenvalue weighted by molar-refractivity contribution is 0.338. The average molecular weight is 285 g/mol. The van der Waals surface area contributed by atoms with Gasteiger partial charge < -0.3 is 10.5 Å². The van der Waals surface area contributed by atoms with Crippen LogP contribution in [0.5, 0.6) is 5.75 Å². The van der Waals surface area contributed by atoms with E-state index in [4.69, 9.17) is 10.5 Å². The maximum absolute atomic E-state index is 6.31. The summed E-state index contributed by atoms with van der Waals surface area (Å²) in [6.07, 6.45) is 5.29. The fraction of sp³-hybridized carbons (Fsp3) is 0.200. The number of nitrogens with zero attached hydrogens (tertiary/aromatic N) is 2. The third-order valence-corrected chi connectivity index (χ3v) is 3.94. The van der Waals surface area contributed by atoms with E-state index in [0.717, 1.165) is 27.1 Å². The van der Waals surface area contributed by atoms with Crippen molar-refractivity contribution in [1.29, 1.82) is 0 Å². The van der Waals surface area contributed by atoms with Crippen molar-refractivity contribution in [2.24, 2.45) is 5.73 Å². The molecule has 0 saturated heterocycles. The lowest BCUT2D eigenvalue weighted by atomic mass is 10.0. The lowest BCUT2D eigenvalue weighted by Gasteiger charge is -2.13. The van der Waals surface area contributed by atoms with Crippen molar-refractivity contribution in [1.82, 2.24) is 9.97 Å². The van der Waals surface area contributed by atoms with E-state index < -0.39 is 0 Å². The van der Waals surface area contributed by atoms with Crippen LogP contribution < -0.4 is 10.5 Å². The number of ether oxygens (including phenoxy) is 1. The Labute approximate surface area is 121 Å². The minimum Gasteiger partial charge on any atom is -0.492 e. The number of aromatic nitrogens is 2. The van der Waals surface area contributed by atoms with E-state index in [1.807, 2.05) is 30.6 Å². The number of fused-ring (bicyclic) bond motifs is 1. The second kappa shape index (κ2) is 5.56. The highest BCUT2D eigenvalue weighted by Gasteiger charge is 2.12. The Kier molecular flexibility index (Phi) is 3.62. The first-order chi connectivity index (χ1) is 9.78. The summed E-state index contributed by atoms with van der Waals surface area (Å²) in [4.78, 5) is 8.60. The van der Waals surface area contributed by atoms with E-state index in [2.05, 4.69) is 16.0 Å². The summed E-state index contributed by atoms with van der Waals surface area (Å²) in [5.41, 5.74) is 9.22. The summed E-state index contributed by atoms with van der Waals surface area (Å²) < 4.78 is 6.60. The molecule has 0 aromatic carbocycles. The van der Waals surface area contributed by atoms with Crippen molar-refractivity contribution in [3.63, 3.8) is 0 Å². The number of rotatable bonds is 4. The Balaban J connectivity index is 1.94. The number of hydrogen-bond donors (Lipinski definition) is 1. The normalized spacial score (nSPS) is 12.5. The van der Waals surface area contributed by atoms with Crippen LogP contribution in [0.15, 0.2) is 42.2 Å². The topological polar surface area (TPSA) is 61.0 Å². The largest absolute Gasteiger partial charge is 0.492 e. The van der Waals surface area contributed by atoms with E-state index in [1.165, 1.54) is 0 Å². The summed E-state index contributed by atoms with van der Waals surface area (Å²) in [6, 6.07) is 5.78. The smallest absolute Gasteiger partial charge is 0.137 e. The Hall–Kier alpha value is -1.98. The SMILES string of the molecule is CCOc1cncc(C(N)c2cnc3ccsc3c2)c1. The molecule has 0 aliphatic heterocycles. The molecule has 3 rings (SSSR count). The van der Waals surface area contributed by atoms with Crippen LogP contribution in [0.1, 0.15) is 24.1 Å². The molecule has 3 heterocycles. The molecule has 0 amide bonds.